The summed E-state index contributed by atoms with van der Waals surface area (Å²) < 4.78 is 0. The average Bonchev–Trinajstić information content (AvgIpc) is 2.67. The first kappa shape index (κ1) is 24.2. The van der Waals surface area contributed by atoms with Crippen molar-refractivity contribution in [2.24, 2.45) is 4.99 Å². The highest BCUT2D eigenvalue weighted by atomic mass is 127. The molecule has 0 spiro atoms. The van der Waals surface area contributed by atoms with Gasteiger partial charge in [-0.25, -0.2) is 4.99 Å². The van der Waals surface area contributed by atoms with E-state index in [2.05, 4.69) is 15.6 Å². The lowest BCUT2D eigenvalue weighted by Gasteiger charge is -2.18. The molecule has 0 saturated heterocycles. The lowest BCUT2D eigenvalue weighted by Crippen LogP contribution is -2.39. The maximum atomic E-state index is 12.3. The van der Waals surface area contributed by atoms with Gasteiger partial charge in [0.05, 0.1) is 6.54 Å². The van der Waals surface area contributed by atoms with Crippen molar-refractivity contribution in [3.05, 3.63) is 70.7 Å². The van der Waals surface area contributed by atoms with Gasteiger partial charge in [-0.1, -0.05) is 60.1 Å². The van der Waals surface area contributed by atoms with Crippen molar-refractivity contribution in [3.8, 4) is 0 Å². The molecule has 0 aliphatic heterocycles. The zero-order valence-electron chi connectivity index (χ0n) is 16.3. The number of nitrogens with zero attached hydrogens (tertiary/aromatic N) is 2. The first-order valence-corrected chi connectivity index (χ1v) is 9.51. The van der Waals surface area contributed by atoms with Gasteiger partial charge in [0.1, 0.15) is 0 Å². The van der Waals surface area contributed by atoms with Gasteiger partial charge in [0.15, 0.2) is 5.96 Å². The smallest absolute Gasteiger partial charge is 0.224 e. The van der Waals surface area contributed by atoms with E-state index in [1.165, 1.54) is 0 Å². The summed E-state index contributed by atoms with van der Waals surface area (Å²) in [6, 6.07) is 17.6. The molecule has 0 fully saturated rings. The van der Waals surface area contributed by atoms with Crippen LogP contribution < -0.4 is 10.6 Å². The molecule has 0 radical (unpaired) electrons. The molecule has 152 valence electrons. The maximum Gasteiger partial charge on any atom is 0.224 e. The van der Waals surface area contributed by atoms with E-state index in [1.807, 2.05) is 68.6 Å². The van der Waals surface area contributed by atoms with Crippen molar-refractivity contribution in [3.63, 3.8) is 0 Å². The number of carbonyl (C=O) groups is 1. The third-order valence-corrected chi connectivity index (χ3v) is 4.40. The standard InChI is InChI=1S/C21H27ClN4O.HI/c1-3-23-21(25-15-18-11-7-8-12-19(18)22)24-14-13-20(27)26(2)16-17-9-5-4-6-10-17;/h4-12H,3,13-16H2,1-2H3,(H2,23,24,25);1H. The van der Waals surface area contributed by atoms with Crippen molar-refractivity contribution in [2.45, 2.75) is 26.4 Å². The Bertz CT molecular complexity index is 755. The molecule has 2 aromatic rings. The SMILES string of the molecule is CCNC(=NCc1ccccc1Cl)NCCC(=O)N(C)Cc1ccccc1.I. The number of guanidine groups is 1. The fourth-order valence-electron chi connectivity index (χ4n) is 2.56. The molecule has 0 heterocycles. The van der Waals surface area contributed by atoms with E-state index in [1.54, 1.807) is 4.90 Å². The zero-order chi connectivity index (χ0) is 19.5. The lowest BCUT2D eigenvalue weighted by atomic mass is 10.2. The minimum Gasteiger partial charge on any atom is -0.357 e. The molecule has 7 heteroatoms. The number of rotatable bonds is 8. The Balaban J connectivity index is 0.00000392. The first-order chi connectivity index (χ1) is 13.1. The molecule has 0 aromatic heterocycles. The predicted octanol–water partition coefficient (Wildman–Crippen LogP) is 4.06. The maximum absolute atomic E-state index is 12.3. The molecular formula is C21H28ClIN4O. The number of carbonyl (C=O) groups excluding carboxylic acids is 1. The van der Waals surface area contributed by atoms with Crippen LogP contribution in [0.2, 0.25) is 5.02 Å². The molecule has 0 saturated carbocycles. The fourth-order valence-corrected chi connectivity index (χ4v) is 2.75. The van der Waals surface area contributed by atoms with Crippen molar-refractivity contribution in [2.75, 3.05) is 20.1 Å². The molecule has 1 amide bonds. The van der Waals surface area contributed by atoms with Gasteiger partial charge in [0.25, 0.3) is 0 Å². The van der Waals surface area contributed by atoms with Crippen molar-refractivity contribution in [1.82, 2.24) is 15.5 Å². The van der Waals surface area contributed by atoms with Gasteiger partial charge in [0, 0.05) is 38.1 Å². The van der Waals surface area contributed by atoms with Gasteiger partial charge in [0.2, 0.25) is 5.91 Å². The third kappa shape index (κ3) is 8.48. The Labute approximate surface area is 189 Å². The minimum absolute atomic E-state index is 0. The predicted molar refractivity (Wildman–Crippen MR) is 127 cm³/mol. The van der Waals surface area contributed by atoms with Crippen LogP contribution in [-0.4, -0.2) is 36.9 Å². The fraction of sp³-hybridized carbons (Fsp3) is 0.333. The normalized spacial score (nSPS) is 10.8. The van der Waals surface area contributed by atoms with Crippen molar-refractivity contribution >= 4 is 47.4 Å². The summed E-state index contributed by atoms with van der Waals surface area (Å²) in [5.41, 5.74) is 2.09. The second kappa shape index (κ2) is 13.4. The highest BCUT2D eigenvalue weighted by Crippen LogP contribution is 2.15. The third-order valence-electron chi connectivity index (χ3n) is 4.03. The molecule has 2 rings (SSSR count). The lowest BCUT2D eigenvalue weighted by molar-refractivity contribution is -0.130. The van der Waals surface area contributed by atoms with Crippen LogP contribution in [-0.2, 0) is 17.9 Å². The molecule has 2 N–H and O–H groups in total. The second-order valence-electron chi connectivity index (χ2n) is 6.20. The van der Waals surface area contributed by atoms with E-state index < -0.39 is 0 Å². The molecule has 28 heavy (non-hydrogen) atoms. The topological polar surface area (TPSA) is 56.7 Å². The average molecular weight is 515 g/mol. The monoisotopic (exact) mass is 514 g/mol. The largest absolute Gasteiger partial charge is 0.357 e. The van der Waals surface area contributed by atoms with E-state index in [0.29, 0.717) is 37.0 Å². The van der Waals surface area contributed by atoms with E-state index >= 15 is 0 Å². The summed E-state index contributed by atoms with van der Waals surface area (Å²) >= 11 is 6.17. The molecule has 0 aliphatic rings. The van der Waals surface area contributed by atoms with Gasteiger partial charge in [-0.3, -0.25) is 4.79 Å². The van der Waals surface area contributed by atoms with Crippen LogP contribution in [0.25, 0.3) is 0 Å². The molecule has 0 unspecified atom stereocenters. The number of nitrogens with one attached hydrogen (secondary N) is 2. The molecule has 5 nitrogen and oxygen atoms in total. The van der Waals surface area contributed by atoms with Crippen LogP contribution in [0.1, 0.15) is 24.5 Å². The molecule has 0 atom stereocenters. The Kier molecular flexibility index (Phi) is 11.6. The van der Waals surface area contributed by atoms with Crippen molar-refractivity contribution in [1.29, 1.82) is 0 Å². The van der Waals surface area contributed by atoms with Crippen LogP contribution in [0.15, 0.2) is 59.6 Å². The number of hydrogen-bond acceptors (Lipinski definition) is 2. The van der Waals surface area contributed by atoms with Crippen LogP contribution in [0.3, 0.4) is 0 Å². The quantitative estimate of drug-likeness (QED) is 0.317. The van der Waals surface area contributed by atoms with Crippen LogP contribution in [0.4, 0.5) is 0 Å². The van der Waals surface area contributed by atoms with Crippen LogP contribution in [0.5, 0.6) is 0 Å². The minimum atomic E-state index is 0. The zero-order valence-corrected chi connectivity index (χ0v) is 19.4. The molecule has 0 bridgehead atoms. The summed E-state index contributed by atoms with van der Waals surface area (Å²) in [4.78, 5) is 18.6. The summed E-state index contributed by atoms with van der Waals surface area (Å²) in [6.07, 6.45) is 0.403. The summed E-state index contributed by atoms with van der Waals surface area (Å²) in [5, 5.41) is 7.10. The van der Waals surface area contributed by atoms with E-state index in [4.69, 9.17) is 11.6 Å². The van der Waals surface area contributed by atoms with E-state index in [-0.39, 0.29) is 29.9 Å². The number of aliphatic imine (C=N–C) groups is 1. The van der Waals surface area contributed by atoms with Crippen molar-refractivity contribution < 1.29 is 4.79 Å². The van der Waals surface area contributed by atoms with E-state index in [0.717, 1.165) is 17.7 Å². The Morgan fingerprint density at radius 1 is 1.07 bits per heavy atom. The number of hydrogen-bond donors (Lipinski definition) is 2. The molecule has 2 aromatic carbocycles. The van der Waals surface area contributed by atoms with Gasteiger partial charge >= 0.3 is 0 Å². The Morgan fingerprint density at radius 2 is 1.75 bits per heavy atom. The Morgan fingerprint density at radius 3 is 2.43 bits per heavy atom. The van der Waals surface area contributed by atoms with Gasteiger partial charge < -0.3 is 15.5 Å². The van der Waals surface area contributed by atoms with Gasteiger partial charge in [-0.2, -0.15) is 0 Å². The summed E-state index contributed by atoms with van der Waals surface area (Å²) in [7, 11) is 1.83. The summed E-state index contributed by atoms with van der Waals surface area (Å²) in [6.45, 7) is 4.37. The van der Waals surface area contributed by atoms with Crippen LogP contribution in [0, 0.1) is 0 Å². The van der Waals surface area contributed by atoms with Crippen LogP contribution >= 0.6 is 35.6 Å². The van der Waals surface area contributed by atoms with E-state index in [9.17, 15) is 4.79 Å². The molecule has 0 aliphatic carbocycles. The molecular weight excluding hydrogens is 487 g/mol. The highest BCUT2D eigenvalue weighted by Gasteiger charge is 2.09. The first-order valence-electron chi connectivity index (χ1n) is 9.13. The number of benzene rings is 2. The van der Waals surface area contributed by atoms with Gasteiger partial charge in [-0.05, 0) is 24.1 Å². The summed E-state index contributed by atoms with van der Waals surface area (Å²) in [5.74, 6) is 0.768. The van der Waals surface area contributed by atoms with Gasteiger partial charge in [-0.15, -0.1) is 24.0 Å². The number of halogens is 2. The highest BCUT2D eigenvalue weighted by molar-refractivity contribution is 14.0. The second-order valence-corrected chi connectivity index (χ2v) is 6.61. The number of amides is 1. The Hall–Kier alpha value is -1.80.